The van der Waals surface area contributed by atoms with Crippen molar-refractivity contribution in [1.82, 2.24) is 0 Å². The van der Waals surface area contributed by atoms with E-state index in [1.165, 1.54) is 0 Å². The Bertz CT molecular complexity index is 158. The molecule has 0 aliphatic heterocycles. The van der Waals surface area contributed by atoms with Crippen LogP contribution in [0.1, 0.15) is 34.6 Å². The van der Waals surface area contributed by atoms with Crippen molar-refractivity contribution in [3.05, 3.63) is 0 Å². The first kappa shape index (κ1) is 11.9. The van der Waals surface area contributed by atoms with Crippen LogP contribution in [0.2, 0.25) is 0 Å². The monoisotopic (exact) mass is 236 g/mol. The summed E-state index contributed by atoms with van der Waals surface area (Å²) < 4.78 is 5.19. The Morgan fingerprint density at radius 3 is 2.00 bits per heavy atom. The van der Waals surface area contributed by atoms with E-state index in [0.29, 0.717) is 0 Å². The van der Waals surface area contributed by atoms with Gasteiger partial charge in [0.25, 0.3) is 0 Å². The van der Waals surface area contributed by atoms with E-state index in [1.807, 2.05) is 34.6 Å². The maximum atomic E-state index is 11.3. The summed E-state index contributed by atoms with van der Waals surface area (Å²) in [6, 6.07) is 0. The minimum atomic E-state index is -0.382. The van der Waals surface area contributed by atoms with E-state index in [4.69, 9.17) is 4.74 Å². The molecule has 0 aliphatic rings. The summed E-state index contributed by atoms with van der Waals surface area (Å²) in [6.07, 6.45) is 0. The summed E-state index contributed by atoms with van der Waals surface area (Å²) in [4.78, 5) is 11.5. The number of ether oxygens (including phenoxy) is 1. The van der Waals surface area contributed by atoms with E-state index in [2.05, 4.69) is 15.9 Å². The fourth-order valence-corrected chi connectivity index (χ4v) is 0.798. The van der Waals surface area contributed by atoms with Crippen molar-refractivity contribution >= 4 is 21.9 Å². The topological polar surface area (TPSA) is 26.3 Å². The van der Waals surface area contributed by atoms with Crippen molar-refractivity contribution in [3.63, 3.8) is 0 Å². The predicted octanol–water partition coefficient (Wildman–Crippen LogP) is 2.75. The lowest BCUT2D eigenvalue weighted by Crippen LogP contribution is -2.30. The van der Waals surface area contributed by atoms with Crippen LogP contribution in [0.3, 0.4) is 0 Å². The van der Waals surface area contributed by atoms with Crippen molar-refractivity contribution in [3.8, 4) is 0 Å². The van der Waals surface area contributed by atoms with Gasteiger partial charge >= 0.3 is 5.97 Å². The lowest BCUT2D eigenvalue weighted by molar-refractivity contribution is -0.159. The Labute approximate surface area is 82.8 Å². The maximum Gasteiger partial charge on any atom is 0.310 e. The van der Waals surface area contributed by atoms with E-state index < -0.39 is 0 Å². The van der Waals surface area contributed by atoms with Gasteiger partial charge in [0, 0.05) is 4.83 Å². The zero-order valence-corrected chi connectivity index (χ0v) is 9.94. The SMILES string of the molecule is CC(Br)C(C)C(=O)OC(C)(C)C. The van der Waals surface area contributed by atoms with Crippen LogP contribution in [0.25, 0.3) is 0 Å². The average Bonchev–Trinajstić information content (AvgIpc) is 1.82. The first-order valence-electron chi connectivity index (χ1n) is 4.11. The van der Waals surface area contributed by atoms with E-state index >= 15 is 0 Å². The number of esters is 1. The lowest BCUT2D eigenvalue weighted by Gasteiger charge is -2.23. The summed E-state index contributed by atoms with van der Waals surface area (Å²) in [5.74, 6) is -0.240. The standard InChI is InChI=1S/C9H17BrO2/c1-6(7(2)10)8(11)12-9(3,4)5/h6-7H,1-5H3. The molecule has 72 valence electrons. The molecule has 12 heavy (non-hydrogen) atoms. The third-order valence-electron chi connectivity index (χ3n) is 1.47. The van der Waals surface area contributed by atoms with Crippen LogP contribution in [-0.4, -0.2) is 16.4 Å². The van der Waals surface area contributed by atoms with Crippen molar-refractivity contribution in [2.75, 3.05) is 0 Å². The first-order chi connectivity index (χ1) is 5.24. The Hall–Kier alpha value is -0.0500. The molecule has 0 bridgehead atoms. The van der Waals surface area contributed by atoms with Crippen LogP contribution in [0.5, 0.6) is 0 Å². The molecule has 2 nitrogen and oxygen atoms in total. The molecule has 0 aromatic rings. The van der Waals surface area contributed by atoms with Gasteiger partial charge in [-0.3, -0.25) is 4.79 Å². The summed E-state index contributed by atoms with van der Waals surface area (Å²) >= 11 is 3.35. The molecule has 0 aliphatic carbocycles. The zero-order chi connectivity index (χ0) is 9.94. The van der Waals surface area contributed by atoms with Crippen LogP contribution in [0.4, 0.5) is 0 Å². The number of hydrogen-bond acceptors (Lipinski definition) is 2. The molecule has 0 amide bonds. The number of carbonyl (C=O) groups is 1. The smallest absolute Gasteiger partial charge is 0.310 e. The molecule has 0 rings (SSSR count). The van der Waals surface area contributed by atoms with E-state index in [1.54, 1.807) is 0 Å². The second-order valence-corrected chi connectivity index (χ2v) is 5.44. The fourth-order valence-electron chi connectivity index (χ4n) is 0.582. The average molecular weight is 237 g/mol. The third-order valence-corrected chi connectivity index (χ3v) is 2.26. The highest BCUT2D eigenvalue weighted by Crippen LogP contribution is 2.17. The molecule has 0 saturated carbocycles. The summed E-state index contributed by atoms with van der Waals surface area (Å²) in [6.45, 7) is 9.41. The van der Waals surface area contributed by atoms with Gasteiger partial charge in [0.05, 0.1) is 5.92 Å². The van der Waals surface area contributed by atoms with Gasteiger partial charge in [0.2, 0.25) is 0 Å². The molecule has 0 spiro atoms. The fraction of sp³-hybridized carbons (Fsp3) is 0.889. The van der Waals surface area contributed by atoms with Crippen LogP contribution in [0.15, 0.2) is 0 Å². The molecular weight excluding hydrogens is 220 g/mol. The molecular formula is C9H17BrO2. The van der Waals surface area contributed by atoms with Gasteiger partial charge in [-0.05, 0) is 20.8 Å². The molecule has 0 heterocycles. The largest absolute Gasteiger partial charge is 0.460 e. The molecule has 2 unspecified atom stereocenters. The summed E-state index contributed by atoms with van der Waals surface area (Å²) in [7, 11) is 0. The molecule has 0 fully saturated rings. The second-order valence-electron chi connectivity index (χ2n) is 4.00. The molecule has 0 N–H and O–H groups in total. The van der Waals surface area contributed by atoms with Crippen LogP contribution < -0.4 is 0 Å². The van der Waals surface area contributed by atoms with Crippen LogP contribution >= 0.6 is 15.9 Å². The molecule has 0 radical (unpaired) electrons. The van der Waals surface area contributed by atoms with E-state index in [-0.39, 0.29) is 22.3 Å². The van der Waals surface area contributed by atoms with Crippen molar-refractivity contribution in [2.24, 2.45) is 5.92 Å². The number of rotatable bonds is 2. The normalized spacial score (nSPS) is 16.8. The van der Waals surface area contributed by atoms with Crippen LogP contribution in [-0.2, 0) is 9.53 Å². The molecule has 2 atom stereocenters. The van der Waals surface area contributed by atoms with Gasteiger partial charge in [-0.2, -0.15) is 0 Å². The lowest BCUT2D eigenvalue weighted by atomic mass is 10.1. The summed E-state index contributed by atoms with van der Waals surface area (Å²) in [5.41, 5.74) is -0.382. The van der Waals surface area contributed by atoms with Gasteiger partial charge in [0.1, 0.15) is 5.60 Å². The van der Waals surface area contributed by atoms with Gasteiger partial charge in [0.15, 0.2) is 0 Å². The van der Waals surface area contributed by atoms with Crippen molar-refractivity contribution in [2.45, 2.75) is 45.0 Å². The molecule has 0 aromatic carbocycles. The zero-order valence-electron chi connectivity index (χ0n) is 8.35. The van der Waals surface area contributed by atoms with Gasteiger partial charge in [-0.1, -0.05) is 29.8 Å². The Kier molecular flexibility index (Phi) is 4.24. The summed E-state index contributed by atoms with van der Waals surface area (Å²) in [5, 5.41) is 0. The molecule has 0 saturated heterocycles. The third kappa shape index (κ3) is 4.75. The van der Waals surface area contributed by atoms with Gasteiger partial charge in [-0.25, -0.2) is 0 Å². The van der Waals surface area contributed by atoms with Crippen LogP contribution in [0, 0.1) is 5.92 Å². The Balaban J connectivity index is 4.05. The minimum Gasteiger partial charge on any atom is -0.460 e. The van der Waals surface area contributed by atoms with Gasteiger partial charge < -0.3 is 4.74 Å². The Morgan fingerprint density at radius 2 is 1.75 bits per heavy atom. The second kappa shape index (κ2) is 4.26. The predicted molar refractivity (Wildman–Crippen MR) is 53.4 cm³/mol. The van der Waals surface area contributed by atoms with Crippen molar-refractivity contribution < 1.29 is 9.53 Å². The number of halogens is 1. The highest BCUT2D eigenvalue weighted by Gasteiger charge is 2.24. The number of carbonyl (C=O) groups excluding carboxylic acids is 1. The molecule has 3 heteroatoms. The maximum absolute atomic E-state index is 11.3. The van der Waals surface area contributed by atoms with E-state index in [9.17, 15) is 4.79 Å². The Morgan fingerprint density at radius 1 is 1.33 bits per heavy atom. The van der Waals surface area contributed by atoms with Crippen molar-refractivity contribution in [1.29, 1.82) is 0 Å². The van der Waals surface area contributed by atoms with Gasteiger partial charge in [-0.15, -0.1) is 0 Å². The van der Waals surface area contributed by atoms with E-state index in [0.717, 1.165) is 0 Å². The number of alkyl halides is 1. The number of hydrogen-bond donors (Lipinski definition) is 0. The highest BCUT2D eigenvalue weighted by atomic mass is 79.9. The quantitative estimate of drug-likeness (QED) is 0.545. The first-order valence-corrected chi connectivity index (χ1v) is 5.02. The minimum absolute atomic E-state index is 0.0933. The highest BCUT2D eigenvalue weighted by molar-refractivity contribution is 9.09. The molecule has 0 aromatic heterocycles.